The second-order valence-electron chi connectivity index (χ2n) is 4.01. The van der Waals surface area contributed by atoms with E-state index in [0.717, 1.165) is 15.6 Å². The highest BCUT2D eigenvalue weighted by molar-refractivity contribution is 7.17. The van der Waals surface area contributed by atoms with Gasteiger partial charge in [-0.05, 0) is 13.0 Å². The molecule has 90 valence electrons. The summed E-state index contributed by atoms with van der Waals surface area (Å²) in [5, 5.41) is 12.6. The quantitative estimate of drug-likeness (QED) is 0.705. The first-order chi connectivity index (χ1) is 8.66. The summed E-state index contributed by atoms with van der Waals surface area (Å²) in [7, 11) is 0. The molecule has 0 unspecified atom stereocenters. The molecule has 0 spiro atoms. The number of thiophene rings is 1. The Hall–Kier alpha value is -2.14. The molecule has 2 aromatic heterocycles. The van der Waals surface area contributed by atoms with E-state index in [1.807, 2.05) is 29.6 Å². The van der Waals surface area contributed by atoms with E-state index in [0.29, 0.717) is 5.82 Å². The maximum atomic E-state index is 11.6. The summed E-state index contributed by atoms with van der Waals surface area (Å²) < 4.78 is 1.12. The van der Waals surface area contributed by atoms with Gasteiger partial charge in [0, 0.05) is 21.0 Å². The number of aromatic nitrogens is 2. The third-order valence-corrected chi connectivity index (χ3v) is 3.83. The van der Waals surface area contributed by atoms with Crippen molar-refractivity contribution in [2.45, 2.75) is 6.92 Å². The van der Waals surface area contributed by atoms with Crippen LogP contribution in [-0.4, -0.2) is 15.1 Å². The molecule has 0 bridgehead atoms. The topological polar surface area (TPSA) is 66.0 Å². The molecule has 0 saturated carbocycles. The molecular weight excluding hydrogens is 248 g/mol. The number of aromatic hydroxyl groups is 1. The number of H-pyrrole nitrogens is 1. The Morgan fingerprint density at radius 3 is 2.89 bits per heavy atom. The predicted molar refractivity (Wildman–Crippen MR) is 72.1 cm³/mol. The number of hydrogen-bond acceptors (Lipinski definition) is 4. The Balaban J connectivity index is 2.30. The minimum absolute atomic E-state index is 0.218. The van der Waals surface area contributed by atoms with Gasteiger partial charge in [-0.25, -0.2) is 0 Å². The fourth-order valence-corrected chi connectivity index (χ4v) is 2.75. The number of benzene rings is 1. The number of hydrogen-bond donors (Lipinski definition) is 2. The van der Waals surface area contributed by atoms with Gasteiger partial charge in [0.05, 0.1) is 5.56 Å². The lowest BCUT2D eigenvalue weighted by Gasteiger charge is -2.02. The van der Waals surface area contributed by atoms with Crippen molar-refractivity contribution in [3.05, 3.63) is 45.6 Å². The van der Waals surface area contributed by atoms with Crippen LogP contribution in [0.3, 0.4) is 0 Å². The molecule has 0 aliphatic carbocycles. The number of nitrogens with zero attached hydrogens (tertiary/aromatic N) is 1. The Morgan fingerprint density at radius 1 is 1.33 bits per heavy atom. The first-order valence-corrected chi connectivity index (χ1v) is 6.31. The fraction of sp³-hybridized carbons (Fsp3) is 0.0769. The lowest BCUT2D eigenvalue weighted by molar-refractivity contribution is 0.447. The van der Waals surface area contributed by atoms with Crippen LogP contribution < -0.4 is 5.56 Å². The monoisotopic (exact) mass is 258 g/mol. The molecule has 0 radical (unpaired) electrons. The lowest BCUT2D eigenvalue weighted by Crippen LogP contribution is -2.11. The fourth-order valence-electron chi connectivity index (χ4n) is 1.81. The van der Waals surface area contributed by atoms with Crippen molar-refractivity contribution >= 4 is 21.4 Å². The summed E-state index contributed by atoms with van der Waals surface area (Å²) in [5.74, 6) is 0.185. The molecule has 2 heterocycles. The normalized spacial score (nSPS) is 10.9. The van der Waals surface area contributed by atoms with Crippen molar-refractivity contribution in [3.63, 3.8) is 0 Å². The molecule has 0 saturated heterocycles. The van der Waals surface area contributed by atoms with Gasteiger partial charge < -0.3 is 10.1 Å². The van der Waals surface area contributed by atoms with Gasteiger partial charge in [0.15, 0.2) is 0 Å². The van der Waals surface area contributed by atoms with E-state index >= 15 is 0 Å². The smallest absolute Gasteiger partial charge is 0.257 e. The maximum Gasteiger partial charge on any atom is 0.257 e. The SMILES string of the molecule is Cc1c(O)nc(-c2csc3ccccc23)[nH]c1=O. The molecule has 0 aliphatic heterocycles. The molecule has 0 atom stereocenters. The third-order valence-electron chi connectivity index (χ3n) is 2.86. The largest absolute Gasteiger partial charge is 0.493 e. The Morgan fingerprint density at radius 2 is 2.11 bits per heavy atom. The van der Waals surface area contributed by atoms with Gasteiger partial charge in [0.1, 0.15) is 5.82 Å². The van der Waals surface area contributed by atoms with E-state index in [-0.39, 0.29) is 17.0 Å². The van der Waals surface area contributed by atoms with Crippen LogP contribution in [0, 0.1) is 6.92 Å². The van der Waals surface area contributed by atoms with Crippen molar-refractivity contribution in [2.24, 2.45) is 0 Å². The van der Waals surface area contributed by atoms with Crippen LogP contribution in [0.15, 0.2) is 34.4 Å². The van der Waals surface area contributed by atoms with Crippen LogP contribution in [-0.2, 0) is 0 Å². The first-order valence-electron chi connectivity index (χ1n) is 5.43. The minimum Gasteiger partial charge on any atom is -0.493 e. The molecule has 0 aliphatic rings. The second kappa shape index (κ2) is 3.96. The average Bonchev–Trinajstić information content (AvgIpc) is 2.79. The van der Waals surface area contributed by atoms with Crippen molar-refractivity contribution < 1.29 is 5.11 Å². The van der Waals surface area contributed by atoms with Crippen LogP contribution in [0.4, 0.5) is 0 Å². The van der Waals surface area contributed by atoms with E-state index in [1.54, 1.807) is 11.3 Å². The highest BCUT2D eigenvalue weighted by atomic mass is 32.1. The molecule has 1 aromatic carbocycles. The summed E-state index contributed by atoms with van der Waals surface area (Å²) in [5.41, 5.74) is 0.758. The maximum absolute atomic E-state index is 11.6. The third kappa shape index (κ3) is 1.60. The zero-order valence-corrected chi connectivity index (χ0v) is 10.4. The van der Waals surface area contributed by atoms with Gasteiger partial charge in [0.25, 0.3) is 5.56 Å². The highest BCUT2D eigenvalue weighted by Gasteiger charge is 2.11. The van der Waals surface area contributed by atoms with Gasteiger partial charge in [-0.3, -0.25) is 4.79 Å². The molecule has 3 rings (SSSR count). The van der Waals surface area contributed by atoms with Gasteiger partial charge in [0.2, 0.25) is 5.88 Å². The zero-order chi connectivity index (χ0) is 12.7. The number of nitrogens with one attached hydrogen (secondary N) is 1. The number of rotatable bonds is 1. The standard InChI is InChI=1S/C13H10N2O2S/c1-7-12(16)14-11(15-13(7)17)9-6-18-10-5-3-2-4-8(9)10/h2-6H,1H3,(H2,14,15,16,17). The lowest BCUT2D eigenvalue weighted by atomic mass is 10.1. The minimum atomic E-state index is -0.312. The number of aromatic amines is 1. The predicted octanol–water partition coefficient (Wildman–Crippen LogP) is 2.67. The van der Waals surface area contributed by atoms with Gasteiger partial charge in [-0.15, -0.1) is 11.3 Å². The molecule has 3 aromatic rings. The van der Waals surface area contributed by atoms with E-state index in [4.69, 9.17) is 0 Å². The van der Waals surface area contributed by atoms with E-state index in [9.17, 15) is 9.90 Å². The molecule has 0 amide bonds. The Labute approximate surface area is 107 Å². The Kier molecular flexibility index (Phi) is 2.41. The second-order valence-corrected chi connectivity index (χ2v) is 4.92. The van der Waals surface area contributed by atoms with Gasteiger partial charge in [-0.2, -0.15) is 4.98 Å². The zero-order valence-electron chi connectivity index (χ0n) is 9.60. The summed E-state index contributed by atoms with van der Waals surface area (Å²) in [6, 6.07) is 7.88. The molecule has 0 fully saturated rings. The van der Waals surface area contributed by atoms with E-state index in [1.165, 1.54) is 6.92 Å². The van der Waals surface area contributed by atoms with Crippen molar-refractivity contribution in [2.75, 3.05) is 0 Å². The van der Waals surface area contributed by atoms with Crippen LogP contribution in [0.5, 0.6) is 5.88 Å². The molecule has 4 nitrogen and oxygen atoms in total. The Bertz CT molecular complexity index is 789. The summed E-state index contributed by atoms with van der Waals surface area (Å²) >= 11 is 1.58. The summed E-state index contributed by atoms with van der Waals surface area (Å²) in [4.78, 5) is 18.4. The van der Waals surface area contributed by atoms with E-state index < -0.39 is 0 Å². The van der Waals surface area contributed by atoms with Crippen LogP contribution in [0.2, 0.25) is 0 Å². The van der Waals surface area contributed by atoms with Gasteiger partial charge >= 0.3 is 0 Å². The van der Waals surface area contributed by atoms with Crippen LogP contribution in [0.1, 0.15) is 5.56 Å². The molecular formula is C13H10N2O2S. The van der Waals surface area contributed by atoms with Crippen LogP contribution in [0.25, 0.3) is 21.5 Å². The molecule has 5 heteroatoms. The highest BCUT2D eigenvalue weighted by Crippen LogP contribution is 2.32. The van der Waals surface area contributed by atoms with Crippen molar-refractivity contribution in [1.82, 2.24) is 9.97 Å². The number of fused-ring (bicyclic) bond motifs is 1. The van der Waals surface area contributed by atoms with Crippen LogP contribution >= 0.6 is 11.3 Å². The first kappa shape index (κ1) is 11.0. The average molecular weight is 258 g/mol. The summed E-state index contributed by atoms with van der Waals surface area (Å²) in [6.07, 6.45) is 0. The molecule has 18 heavy (non-hydrogen) atoms. The van der Waals surface area contributed by atoms with Gasteiger partial charge in [-0.1, -0.05) is 18.2 Å². The summed E-state index contributed by atoms with van der Waals surface area (Å²) in [6.45, 7) is 1.54. The van der Waals surface area contributed by atoms with Crippen molar-refractivity contribution in [3.8, 4) is 17.3 Å². The van der Waals surface area contributed by atoms with Crippen molar-refractivity contribution in [1.29, 1.82) is 0 Å². The van der Waals surface area contributed by atoms with E-state index in [2.05, 4.69) is 9.97 Å². The molecule has 2 N–H and O–H groups in total.